The molecule has 0 spiro atoms. The van der Waals surface area contributed by atoms with Crippen LogP contribution in [0.25, 0.3) is 0 Å². The van der Waals surface area contributed by atoms with Crippen LogP contribution in [0.1, 0.15) is 66.4 Å². The van der Waals surface area contributed by atoms with Crippen molar-refractivity contribution in [2.45, 2.75) is 51.5 Å². The van der Waals surface area contributed by atoms with Gasteiger partial charge in [-0.05, 0) is 45.6 Å². The van der Waals surface area contributed by atoms with Crippen LogP contribution in [0.2, 0.25) is 0 Å². The second kappa shape index (κ2) is 8.78. The standard InChI is InChI=1S/C20H31N5O2/c1-15-16(20(27)24-10-6-4-7-11-24)13-21-19(22-15)17-9-5-8-12-25(17)14-18(26)23(2)3/h13,17H,4-12,14H2,1-3H3/t17-/m0/s1. The highest BCUT2D eigenvalue weighted by atomic mass is 16.2. The van der Waals surface area contributed by atoms with Crippen LogP contribution >= 0.6 is 0 Å². The summed E-state index contributed by atoms with van der Waals surface area (Å²) in [6, 6.07) is 0.0421. The summed E-state index contributed by atoms with van der Waals surface area (Å²) in [6.07, 6.45) is 8.16. The van der Waals surface area contributed by atoms with E-state index in [1.54, 1.807) is 25.2 Å². The third-order valence-corrected chi connectivity index (χ3v) is 5.62. The Hall–Kier alpha value is -2.02. The molecule has 3 rings (SSSR count). The fraction of sp³-hybridized carbons (Fsp3) is 0.700. The Balaban J connectivity index is 1.76. The van der Waals surface area contributed by atoms with E-state index in [0.29, 0.717) is 12.1 Å². The molecular weight excluding hydrogens is 342 g/mol. The molecule has 27 heavy (non-hydrogen) atoms. The maximum Gasteiger partial charge on any atom is 0.257 e. The zero-order valence-corrected chi connectivity index (χ0v) is 16.8. The van der Waals surface area contributed by atoms with Gasteiger partial charge < -0.3 is 9.80 Å². The van der Waals surface area contributed by atoms with Crippen molar-refractivity contribution in [2.24, 2.45) is 0 Å². The van der Waals surface area contributed by atoms with Crippen LogP contribution in [0.5, 0.6) is 0 Å². The fourth-order valence-corrected chi connectivity index (χ4v) is 3.91. The van der Waals surface area contributed by atoms with E-state index in [1.165, 1.54) is 6.42 Å². The van der Waals surface area contributed by atoms with Crippen LogP contribution in [-0.2, 0) is 4.79 Å². The quantitative estimate of drug-likeness (QED) is 0.808. The highest BCUT2D eigenvalue weighted by molar-refractivity contribution is 5.95. The summed E-state index contributed by atoms with van der Waals surface area (Å²) in [6.45, 7) is 4.79. The number of carbonyl (C=O) groups excluding carboxylic acids is 2. The van der Waals surface area contributed by atoms with Crippen molar-refractivity contribution >= 4 is 11.8 Å². The maximum absolute atomic E-state index is 12.8. The Morgan fingerprint density at radius 1 is 1.11 bits per heavy atom. The molecule has 7 nitrogen and oxygen atoms in total. The molecule has 1 aromatic heterocycles. The van der Waals surface area contributed by atoms with Gasteiger partial charge in [0.1, 0.15) is 5.82 Å². The number of aromatic nitrogens is 2. The number of hydrogen-bond acceptors (Lipinski definition) is 5. The van der Waals surface area contributed by atoms with E-state index in [-0.39, 0.29) is 17.9 Å². The van der Waals surface area contributed by atoms with Crippen LogP contribution < -0.4 is 0 Å². The highest BCUT2D eigenvalue weighted by Crippen LogP contribution is 2.29. The van der Waals surface area contributed by atoms with E-state index < -0.39 is 0 Å². The van der Waals surface area contributed by atoms with Gasteiger partial charge in [-0.2, -0.15) is 0 Å². The number of rotatable bonds is 4. The van der Waals surface area contributed by atoms with Crippen molar-refractivity contribution < 1.29 is 9.59 Å². The first-order valence-corrected chi connectivity index (χ1v) is 10.0. The van der Waals surface area contributed by atoms with Gasteiger partial charge in [-0.15, -0.1) is 0 Å². The lowest BCUT2D eigenvalue weighted by Gasteiger charge is -2.35. The molecule has 3 heterocycles. The summed E-state index contributed by atoms with van der Waals surface area (Å²) in [5.74, 6) is 0.867. The molecule has 148 valence electrons. The summed E-state index contributed by atoms with van der Waals surface area (Å²) < 4.78 is 0. The molecule has 1 aromatic rings. The van der Waals surface area contributed by atoms with E-state index in [0.717, 1.165) is 63.3 Å². The Labute approximate surface area is 161 Å². The van der Waals surface area contributed by atoms with Gasteiger partial charge in [0.25, 0.3) is 5.91 Å². The lowest BCUT2D eigenvalue weighted by atomic mass is 10.0. The Bertz CT molecular complexity index is 685. The zero-order chi connectivity index (χ0) is 19.4. The van der Waals surface area contributed by atoms with Crippen molar-refractivity contribution in [3.8, 4) is 0 Å². The third kappa shape index (κ3) is 4.64. The van der Waals surface area contributed by atoms with Crippen molar-refractivity contribution in [1.82, 2.24) is 24.7 Å². The number of carbonyl (C=O) groups is 2. The number of hydrogen-bond donors (Lipinski definition) is 0. The molecular formula is C20H31N5O2. The number of likely N-dealkylation sites (tertiary alicyclic amines) is 2. The topological polar surface area (TPSA) is 69.6 Å². The zero-order valence-electron chi connectivity index (χ0n) is 16.8. The van der Waals surface area contributed by atoms with Crippen LogP contribution in [0.15, 0.2) is 6.20 Å². The van der Waals surface area contributed by atoms with Crippen LogP contribution in [0, 0.1) is 6.92 Å². The van der Waals surface area contributed by atoms with Gasteiger partial charge in [0, 0.05) is 33.4 Å². The minimum Gasteiger partial charge on any atom is -0.348 e. The molecule has 7 heteroatoms. The van der Waals surface area contributed by atoms with Crippen LogP contribution in [-0.4, -0.2) is 76.8 Å². The predicted octanol–water partition coefficient (Wildman–Crippen LogP) is 2.03. The second-order valence-corrected chi connectivity index (χ2v) is 7.85. The average Bonchev–Trinajstić information content (AvgIpc) is 2.68. The maximum atomic E-state index is 12.8. The molecule has 0 radical (unpaired) electrons. The average molecular weight is 374 g/mol. The molecule has 0 unspecified atom stereocenters. The molecule has 2 saturated heterocycles. The molecule has 0 bridgehead atoms. The van der Waals surface area contributed by atoms with Crippen molar-refractivity contribution in [2.75, 3.05) is 40.3 Å². The van der Waals surface area contributed by atoms with Crippen molar-refractivity contribution in [3.63, 3.8) is 0 Å². The smallest absolute Gasteiger partial charge is 0.257 e. The SMILES string of the molecule is Cc1nc([C@@H]2CCCCN2CC(=O)N(C)C)ncc1C(=O)N1CCCCC1. The first-order chi connectivity index (χ1) is 13.0. The summed E-state index contributed by atoms with van der Waals surface area (Å²) >= 11 is 0. The molecule has 0 N–H and O–H groups in total. The summed E-state index contributed by atoms with van der Waals surface area (Å²) in [5, 5.41) is 0. The molecule has 2 aliphatic heterocycles. The fourth-order valence-electron chi connectivity index (χ4n) is 3.91. The summed E-state index contributed by atoms with van der Waals surface area (Å²) in [5.41, 5.74) is 1.34. The van der Waals surface area contributed by atoms with Gasteiger partial charge >= 0.3 is 0 Å². The van der Waals surface area contributed by atoms with E-state index in [2.05, 4.69) is 14.9 Å². The number of piperidine rings is 2. The lowest BCUT2D eigenvalue weighted by Crippen LogP contribution is -2.42. The Morgan fingerprint density at radius 2 is 1.81 bits per heavy atom. The summed E-state index contributed by atoms with van der Waals surface area (Å²) in [7, 11) is 3.56. The largest absolute Gasteiger partial charge is 0.348 e. The highest BCUT2D eigenvalue weighted by Gasteiger charge is 2.29. The van der Waals surface area contributed by atoms with Gasteiger partial charge in [-0.1, -0.05) is 6.42 Å². The summed E-state index contributed by atoms with van der Waals surface area (Å²) in [4.78, 5) is 39.9. The molecule has 2 aliphatic rings. The van der Waals surface area contributed by atoms with Crippen LogP contribution in [0.3, 0.4) is 0 Å². The normalized spacial score (nSPS) is 21.1. The van der Waals surface area contributed by atoms with Crippen LogP contribution in [0.4, 0.5) is 0 Å². The molecule has 0 aromatic carbocycles. The van der Waals surface area contributed by atoms with Gasteiger partial charge in [-0.25, -0.2) is 9.97 Å². The second-order valence-electron chi connectivity index (χ2n) is 7.85. The van der Waals surface area contributed by atoms with Gasteiger partial charge in [0.05, 0.1) is 23.8 Å². The predicted molar refractivity (Wildman–Crippen MR) is 103 cm³/mol. The number of likely N-dealkylation sites (N-methyl/N-ethyl adjacent to an activating group) is 1. The van der Waals surface area contributed by atoms with E-state index >= 15 is 0 Å². The monoisotopic (exact) mass is 373 g/mol. The van der Waals surface area contributed by atoms with E-state index in [4.69, 9.17) is 0 Å². The first-order valence-electron chi connectivity index (χ1n) is 10.0. The molecule has 2 fully saturated rings. The van der Waals surface area contributed by atoms with E-state index in [9.17, 15) is 9.59 Å². The van der Waals surface area contributed by atoms with Crippen molar-refractivity contribution in [1.29, 1.82) is 0 Å². The Kier molecular flexibility index (Phi) is 6.42. The third-order valence-electron chi connectivity index (χ3n) is 5.62. The van der Waals surface area contributed by atoms with Crippen molar-refractivity contribution in [3.05, 3.63) is 23.3 Å². The molecule has 0 saturated carbocycles. The van der Waals surface area contributed by atoms with Gasteiger partial charge in [0.15, 0.2) is 0 Å². The van der Waals surface area contributed by atoms with E-state index in [1.807, 2.05) is 11.8 Å². The number of amides is 2. The Morgan fingerprint density at radius 3 is 2.48 bits per heavy atom. The van der Waals surface area contributed by atoms with Gasteiger partial charge in [0.2, 0.25) is 5.91 Å². The number of aryl methyl sites for hydroxylation is 1. The lowest BCUT2D eigenvalue weighted by molar-refractivity contribution is -0.130. The molecule has 2 amide bonds. The minimum absolute atomic E-state index is 0.0421. The van der Waals surface area contributed by atoms with Gasteiger partial charge in [-0.3, -0.25) is 14.5 Å². The molecule has 0 aliphatic carbocycles. The first kappa shape index (κ1) is 19.7. The molecule has 1 atom stereocenters. The number of nitrogens with zero attached hydrogens (tertiary/aromatic N) is 5. The minimum atomic E-state index is 0.0421.